The summed E-state index contributed by atoms with van der Waals surface area (Å²) in [6.07, 6.45) is 2.03. The van der Waals surface area contributed by atoms with Crippen molar-refractivity contribution >= 4 is 11.8 Å². The third-order valence-corrected chi connectivity index (χ3v) is 3.07. The molecule has 0 aliphatic heterocycles. The van der Waals surface area contributed by atoms with Gasteiger partial charge in [-0.1, -0.05) is 0 Å². The van der Waals surface area contributed by atoms with Gasteiger partial charge < -0.3 is 15.1 Å². The Hall–Kier alpha value is -2.70. The van der Waals surface area contributed by atoms with Gasteiger partial charge in [0.15, 0.2) is 11.7 Å². The van der Waals surface area contributed by atoms with E-state index in [-0.39, 0.29) is 30.6 Å². The zero-order chi connectivity index (χ0) is 16.7. The molecule has 0 aliphatic rings. The Labute approximate surface area is 133 Å². The van der Waals surface area contributed by atoms with Crippen LogP contribution in [0.5, 0.6) is 0 Å². The molecule has 2 amide bonds. The van der Waals surface area contributed by atoms with Crippen LogP contribution >= 0.6 is 0 Å². The van der Waals surface area contributed by atoms with E-state index in [0.29, 0.717) is 30.2 Å². The number of amides is 2. The number of hydrogen-bond donors (Lipinski definition) is 2. The number of hydrogen-bond acceptors (Lipinski definition) is 4. The van der Waals surface area contributed by atoms with Crippen LogP contribution < -0.4 is 10.6 Å². The second-order valence-electron chi connectivity index (χ2n) is 4.86. The summed E-state index contributed by atoms with van der Waals surface area (Å²) in [5.74, 6) is 0.130. The van der Waals surface area contributed by atoms with E-state index in [4.69, 9.17) is 4.42 Å². The van der Waals surface area contributed by atoms with Crippen molar-refractivity contribution in [2.24, 2.45) is 0 Å². The molecule has 0 radical (unpaired) electrons. The molecule has 2 aromatic rings. The molecule has 0 saturated carbocycles. The minimum absolute atomic E-state index is 0.0426. The number of rotatable bonds is 7. The van der Waals surface area contributed by atoms with E-state index in [1.54, 1.807) is 19.1 Å². The number of oxazole rings is 1. The maximum atomic E-state index is 12.9. The Morgan fingerprint density at radius 3 is 2.61 bits per heavy atom. The molecule has 2 rings (SSSR count). The molecular formula is C16H18FN3O3. The van der Waals surface area contributed by atoms with Gasteiger partial charge in [0.2, 0.25) is 11.8 Å². The Balaban J connectivity index is 1.81. The van der Waals surface area contributed by atoms with Crippen molar-refractivity contribution in [2.75, 3.05) is 13.1 Å². The summed E-state index contributed by atoms with van der Waals surface area (Å²) in [6.45, 7) is 2.29. The van der Waals surface area contributed by atoms with Crippen molar-refractivity contribution < 1.29 is 18.4 Å². The Bertz CT molecular complexity index is 667. The van der Waals surface area contributed by atoms with E-state index in [1.165, 1.54) is 18.3 Å². The minimum Gasteiger partial charge on any atom is -0.441 e. The van der Waals surface area contributed by atoms with Gasteiger partial charge in [-0.3, -0.25) is 9.59 Å². The van der Waals surface area contributed by atoms with E-state index >= 15 is 0 Å². The lowest BCUT2D eigenvalue weighted by atomic mass is 10.2. The highest BCUT2D eigenvalue weighted by Gasteiger charge is 2.10. The SMILES string of the molecule is CCNC(=O)CNC(=O)CCc1ncc(-c2ccc(F)cc2)o1. The number of aromatic nitrogens is 1. The van der Waals surface area contributed by atoms with E-state index in [1.807, 2.05) is 0 Å². The molecule has 0 atom stereocenters. The topological polar surface area (TPSA) is 84.2 Å². The first-order valence-corrected chi connectivity index (χ1v) is 7.32. The van der Waals surface area contributed by atoms with Crippen molar-refractivity contribution in [3.63, 3.8) is 0 Å². The molecule has 0 fully saturated rings. The fourth-order valence-electron chi connectivity index (χ4n) is 1.92. The maximum Gasteiger partial charge on any atom is 0.239 e. The Morgan fingerprint density at radius 1 is 1.17 bits per heavy atom. The van der Waals surface area contributed by atoms with Crippen molar-refractivity contribution in [3.05, 3.63) is 42.2 Å². The summed E-state index contributed by atoms with van der Waals surface area (Å²) in [7, 11) is 0. The predicted octanol–water partition coefficient (Wildman–Crippen LogP) is 1.67. The van der Waals surface area contributed by atoms with Crippen molar-refractivity contribution in [1.82, 2.24) is 15.6 Å². The second kappa shape index (κ2) is 8.07. The number of carbonyl (C=O) groups excluding carboxylic acids is 2. The van der Waals surface area contributed by atoms with Crippen molar-refractivity contribution in [1.29, 1.82) is 0 Å². The van der Waals surface area contributed by atoms with E-state index < -0.39 is 0 Å². The van der Waals surface area contributed by atoms with Crippen molar-refractivity contribution in [2.45, 2.75) is 19.8 Å². The van der Waals surface area contributed by atoms with Gasteiger partial charge in [0.25, 0.3) is 0 Å². The zero-order valence-corrected chi connectivity index (χ0v) is 12.8. The van der Waals surface area contributed by atoms with Gasteiger partial charge in [-0.05, 0) is 31.2 Å². The number of aryl methyl sites for hydroxylation is 1. The molecule has 0 saturated heterocycles. The molecule has 7 heteroatoms. The summed E-state index contributed by atoms with van der Waals surface area (Å²) in [5.41, 5.74) is 0.714. The summed E-state index contributed by atoms with van der Waals surface area (Å²) in [4.78, 5) is 27.0. The van der Waals surface area contributed by atoms with Gasteiger partial charge in [0.05, 0.1) is 12.7 Å². The number of likely N-dealkylation sites (N-methyl/N-ethyl adjacent to an activating group) is 1. The average Bonchev–Trinajstić information content (AvgIpc) is 3.01. The molecule has 2 N–H and O–H groups in total. The predicted molar refractivity (Wildman–Crippen MR) is 81.9 cm³/mol. The summed E-state index contributed by atoms with van der Waals surface area (Å²) >= 11 is 0. The van der Waals surface area contributed by atoms with Gasteiger partial charge in [0, 0.05) is 24.9 Å². The Kier molecular flexibility index (Phi) is 5.85. The van der Waals surface area contributed by atoms with E-state index in [2.05, 4.69) is 15.6 Å². The molecule has 1 aromatic heterocycles. The zero-order valence-electron chi connectivity index (χ0n) is 12.8. The largest absolute Gasteiger partial charge is 0.441 e. The lowest BCUT2D eigenvalue weighted by molar-refractivity contribution is -0.126. The first kappa shape index (κ1) is 16.7. The van der Waals surface area contributed by atoms with E-state index in [0.717, 1.165) is 0 Å². The first-order chi connectivity index (χ1) is 11.1. The van der Waals surface area contributed by atoms with Crippen LogP contribution in [0.4, 0.5) is 4.39 Å². The van der Waals surface area contributed by atoms with Crippen LogP contribution in [0.25, 0.3) is 11.3 Å². The molecule has 0 spiro atoms. The standard InChI is InChI=1S/C16H18FN3O3/c1-2-18-15(22)10-19-14(21)7-8-16-20-9-13(23-16)11-3-5-12(17)6-4-11/h3-6,9H,2,7-8,10H2,1H3,(H,18,22)(H,19,21). The average molecular weight is 319 g/mol. The molecule has 23 heavy (non-hydrogen) atoms. The fourth-order valence-corrected chi connectivity index (χ4v) is 1.92. The van der Waals surface area contributed by atoms with Crippen molar-refractivity contribution in [3.8, 4) is 11.3 Å². The van der Waals surface area contributed by atoms with Gasteiger partial charge in [0.1, 0.15) is 5.82 Å². The molecule has 0 unspecified atom stereocenters. The third-order valence-electron chi connectivity index (χ3n) is 3.07. The first-order valence-electron chi connectivity index (χ1n) is 7.32. The van der Waals surface area contributed by atoms with Crippen LogP contribution in [0.15, 0.2) is 34.9 Å². The fraction of sp³-hybridized carbons (Fsp3) is 0.312. The molecule has 1 aromatic carbocycles. The third kappa shape index (κ3) is 5.21. The molecule has 0 aliphatic carbocycles. The number of halogens is 1. The monoisotopic (exact) mass is 319 g/mol. The van der Waals surface area contributed by atoms with Gasteiger partial charge >= 0.3 is 0 Å². The number of carbonyl (C=O) groups is 2. The summed E-state index contributed by atoms with van der Waals surface area (Å²) in [5, 5.41) is 5.11. The maximum absolute atomic E-state index is 12.9. The highest BCUT2D eigenvalue weighted by Crippen LogP contribution is 2.21. The molecular weight excluding hydrogens is 301 g/mol. The van der Waals surface area contributed by atoms with Gasteiger partial charge in [-0.25, -0.2) is 9.37 Å². The highest BCUT2D eigenvalue weighted by atomic mass is 19.1. The van der Waals surface area contributed by atoms with Crippen LogP contribution in [0.2, 0.25) is 0 Å². The van der Waals surface area contributed by atoms with Crippen LogP contribution in [0.1, 0.15) is 19.2 Å². The summed E-state index contributed by atoms with van der Waals surface area (Å²) in [6, 6.07) is 5.87. The lowest BCUT2D eigenvalue weighted by Gasteiger charge is -2.04. The normalized spacial score (nSPS) is 10.3. The number of benzene rings is 1. The summed E-state index contributed by atoms with van der Waals surface area (Å²) < 4.78 is 18.4. The lowest BCUT2D eigenvalue weighted by Crippen LogP contribution is -2.36. The Morgan fingerprint density at radius 2 is 1.91 bits per heavy atom. The number of nitrogens with zero attached hydrogens (tertiary/aromatic N) is 1. The molecule has 122 valence electrons. The molecule has 0 bridgehead atoms. The molecule has 1 heterocycles. The van der Waals surface area contributed by atoms with Crippen LogP contribution in [-0.4, -0.2) is 29.9 Å². The molecule has 6 nitrogen and oxygen atoms in total. The smallest absolute Gasteiger partial charge is 0.239 e. The second-order valence-corrected chi connectivity index (χ2v) is 4.86. The minimum atomic E-state index is -0.322. The number of nitrogens with one attached hydrogen (secondary N) is 2. The van der Waals surface area contributed by atoms with Crippen LogP contribution in [0.3, 0.4) is 0 Å². The quantitative estimate of drug-likeness (QED) is 0.813. The van der Waals surface area contributed by atoms with E-state index in [9.17, 15) is 14.0 Å². The van der Waals surface area contributed by atoms with Gasteiger partial charge in [-0.2, -0.15) is 0 Å². The van der Waals surface area contributed by atoms with Gasteiger partial charge in [-0.15, -0.1) is 0 Å². The van der Waals surface area contributed by atoms with Crippen LogP contribution in [-0.2, 0) is 16.0 Å². The highest BCUT2D eigenvalue weighted by molar-refractivity contribution is 5.84. The van der Waals surface area contributed by atoms with Crippen LogP contribution in [0, 0.1) is 5.82 Å².